The van der Waals surface area contributed by atoms with Crippen molar-refractivity contribution in [1.82, 2.24) is 0 Å². The van der Waals surface area contributed by atoms with Crippen LogP contribution in [0.1, 0.15) is 25.3 Å². The lowest BCUT2D eigenvalue weighted by molar-refractivity contribution is -0.508. The monoisotopic (exact) mass is 211 g/mol. The molecule has 0 aromatic heterocycles. The minimum absolute atomic E-state index is 0.125. The average molecular weight is 211 g/mol. The van der Waals surface area contributed by atoms with E-state index in [-0.39, 0.29) is 11.1 Å². The molecule has 0 amide bonds. The van der Waals surface area contributed by atoms with Crippen LogP contribution in [0.25, 0.3) is 0 Å². The lowest BCUT2D eigenvalue weighted by Crippen LogP contribution is -2.20. The Morgan fingerprint density at radius 1 is 1.40 bits per heavy atom. The predicted octanol–water partition coefficient (Wildman–Crippen LogP) is 2.45. The molecule has 1 fully saturated rings. The smallest absolute Gasteiger partial charge is 0.185 e. The van der Waals surface area contributed by atoms with Crippen molar-refractivity contribution >= 4 is 6.21 Å². The van der Waals surface area contributed by atoms with E-state index in [0.717, 1.165) is 29.7 Å². The molecule has 2 rings (SSSR count). The molecule has 80 valence electrons. The van der Waals surface area contributed by atoms with Crippen molar-refractivity contribution in [2.24, 2.45) is 0 Å². The highest BCUT2D eigenvalue weighted by Crippen LogP contribution is 2.37. The third-order valence-corrected chi connectivity index (χ3v) is 2.72. The summed E-state index contributed by atoms with van der Waals surface area (Å²) in [6, 6.07) is 3.17. The molecule has 0 bridgehead atoms. The van der Waals surface area contributed by atoms with Crippen LogP contribution in [-0.2, 0) is 0 Å². The van der Waals surface area contributed by atoms with Gasteiger partial charge in [-0.05, 0) is 12.1 Å². The van der Waals surface area contributed by atoms with Crippen LogP contribution < -0.4 is 0 Å². The molecule has 0 unspecified atom stereocenters. The van der Waals surface area contributed by atoms with Gasteiger partial charge in [-0.25, -0.2) is 13.5 Å². The normalized spacial score (nSPS) is 19.0. The molecule has 1 aromatic carbocycles. The second kappa shape index (κ2) is 3.29. The Morgan fingerprint density at radius 2 is 2.07 bits per heavy atom. The molecule has 0 saturated heterocycles. The summed E-state index contributed by atoms with van der Waals surface area (Å²) in [6.07, 6.45) is 2.81. The molecule has 1 aromatic rings. The van der Waals surface area contributed by atoms with Crippen LogP contribution in [0.2, 0.25) is 0 Å². The fraction of sp³-hybridized carbons (Fsp3) is 0.364. The van der Waals surface area contributed by atoms with Gasteiger partial charge in [0.05, 0.1) is 5.56 Å². The first-order valence-electron chi connectivity index (χ1n) is 4.78. The van der Waals surface area contributed by atoms with Crippen LogP contribution in [0, 0.1) is 16.8 Å². The molecule has 0 atom stereocenters. The largest absolute Gasteiger partial charge is 0.623 e. The lowest BCUT2D eigenvalue weighted by atomic mass is 10.2. The standard InChI is InChI=1S/C11H11F2NO/c1-11(4-5-11)14(15)7-8-2-3-9(12)6-10(8)13/h2-3,6-7H,4-5H2,1H3. The van der Waals surface area contributed by atoms with E-state index in [9.17, 15) is 14.0 Å². The van der Waals surface area contributed by atoms with Crippen molar-refractivity contribution in [3.63, 3.8) is 0 Å². The van der Waals surface area contributed by atoms with Gasteiger partial charge in [-0.15, -0.1) is 0 Å². The van der Waals surface area contributed by atoms with E-state index >= 15 is 0 Å². The van der Waals surface area contributed by atoms with E-state index in [1.54, 1.807) is 0 Å². The van der Waals surface area contributed by atoms with Crippen molar-refractivity contribution in [2.75, 3.05) is 0 Å². The lowest BCUT2D eigenvalue weighted by Gasteiger charge is -2.10. The summed E-state index contributed by atoms with van der Waals surface area (Å²) in [6.45, 7) is 1.82. The van der Waals surface area contributed by atoms with Gasteiger partial charge in [-0.2, -0.15) is 0 Å². The summed E-state index contributed by atoms with van der Waals surface area (Å²) in [7, 11) is 0. The zero-order valence-electron chi connectivity index (χ0n) is 8.34. The van der Waals surface area contributed by atoms with E-state index in [4.69, 9.17) is 0 Å². The van der Waals surface area contributed by atoms with Crippen molar-refractivity contribution in [3.05, 3.63) is 40.6 Å². The maximum absolute atomic E-state index is 13.2. The van der Waals surface area contributed by atoms with E-state index in [2.05, 4.69) is 0 Å². The summed E-state index contributed by atoms with van der Waals surface area (Å²) >= 11 is 0. The zero-order chi connectivity index (χ0) is 11.1. The third kappa shape index (κ3) is 1.98. The molecule has 0 radical (unpaired) electrons. The Morgan fingerprint density at radius 3 is 2.60 bits per heavy atom. The predicted molar refractivity (Wildman–Crippen MR) is 52.8 cm³/mol. The number of nitrogens with zero attached hydrogens (tertiary/aromatic N) is 1. The number of hydrogen-bond acceptors (Lipinski definition) is 1. The van der Waals surface area contributed by atoms with Crippen molar-refractivity contribution in [1.29, 1.82) is 0 Å². The molecule has 0 spiro atoms. The van der Waals surface area contributed by atoms with E-state index in [1.165, 1.54) is 12.3 Å². The average Bonchev–Trinajstić information content (AvgIpc) is 2.90. The van der Waals surface area contributed by atoms with E-state index < -0.39 is 11.6 Å². The molecule has 1 aliphatic rings. The van der Waals surface area contributed by atoms with Crippen LogP contribution in [0.4, 0.5) is 8.78 Å². The van der Waals surface area contributed by atoms with Crippen molar-refractivity contribution in [3.8, 4) is 0 Å². The molecule has 1 aliphatic carbocycles. The van der Waals surface area contributed by atoms with Gasteiger partial charge in [0.25, 0.3) is 0 Å². The first-order valence-corrected chi connectivity index (χ1v) is 4.78. The fourth-order valence-electron chi connectivity index (χ4n) is 1.29. The van der Waals surface area contributed by atoms with Crippen LogP contribution in [-0.4, -0.2) is 16.5 Å². The van der Waals surface area contributed by atoms with Crippen LogP contribution >= 0.6 is 0 Å². The Hall–Kier alpha value is -1.45. The summed E-state index contributed by atoms with van der Waals surface area (Å²) in [5, 5.41) is 11.5. The van der Waals surface area contributed by atoms with Gasteiger partial charge in [0, 0.05) is 25.8 Å². The van der Waals surface area contributed by atoms with Gasteiger partial charge < -0.3 is 5.21 Å². The molecule has 2 nitrogen and oxygen atoms in total. The topological polar surface area (TPSA) is 26.1 Å². The molecule has 0 N–H and O–H groups in total. The van der Waals surface area contributed by atoms with Crippen molar-refractivity contribution in [2.45, 2.75) is 25.3 Å². The Kier molecular flexibility index (Phi) is 2.21. The number of halogens is 2. The minimum atomic E-state index is -0.708. The van der Waals surface area contributed by atoms with Gasteiger partial charge >= 0.3 is 0 Å². The Labute approximate surface area is 86.4 Å². The highest BCUT2D eigenvalue weighted by atomic mass is 19.1. The van der Waals surface area contributed by atoms with Gasteiger partial charge in [-0.3, -0.25) is 0 Å². The molecular weight excluding hydrogens is 200 g/mol. The van der Waals surface area contributed by atoms with Crippen LogP contribution in [0.15, 0.2) is 18.2 Å². The maximum Gasteiger partial charge on any atom is 0.185 e. The molecular formula is C11H11F2NO. The van der Waals surface area contributed by atoms with Gasteiger partial charge in [0.1, 0.15) is 11.6 Å². The molecule has 4 heteroatoms. The maximum atomic E-state index is 13.2. The Bertz CT molecular complexity index is 425. The highest BCUT2D eigenvalue weighted by Gasteiger charge is 2.46. The molecule has 0 heterocycles. The molecule has 0 aliphatic heterocycles. The first-order chi connectivity index (χ1) is 7.01. The minimum Gasteiger partial charge on any atom is -0.623 e. The van der Waals surface area contributed by atoms with Crippen LogP contribution in [0.5, 0.6) is 0 Å². The summed E-state index contributed by atoms with van der Waals surface area (Å²) in [4.78, 5) is 0. The second-order valence-electron chi connectivity index (χ2n) is 4.12. The summed E-state index contributed by atoms with van der Waals surface area (Å²) < 4.78 is 26.5. The molecule has 15 heavy (non-hydrogen) atoms. The van der Waals surface area contributed by atoms with E-state index in [1.807, 2.05) is 6.92 Å². The highest BCUT2D eigenvalue weighted by molar-refractivity contribution is 5.76. The number of hydroxylamine groups is 1. The van der Waals surface area contributed by atoms with Crippen LogP contribution in [0.3, 0.4) is 0 Å². The fourth-order valence-corrected chi connectivity index (χ4v) is 1.29. The first kappa shape index (κ1) is 10.1. The summed E-state index contributed by atoms with van der Waals surface area (Å²) in [5.74, 6) is -1.35. The SMILES string of the molecule is CC1([N+]([O-])=Cc2ccc(F)cc2F)CC1. The number of hydrogen-bond donors (Lipinski definition) is 0. The quantitative estimate of drug-likeness (QED) is 0.319. The molecule has 1 saturated carbocycles. The zero-order valence-corrected chi connectivity index (χ0v) is 8.34. The van der Waals surface area contributed by atoms with Crippen molar-refractivity contribution < 1.29 is 13.5 Å². The van der Waals surface area contributed by atoms with Gasteiger partial charge in [-0.1, -0.05) is 0 Å². The van der Waals surface area contributed by atoms with Gasteiger partial charge in [0.15, 0.2) is 11.8 Å². The second-order valence-corrected chi connectivity index (χ2v) is 4.12. The van der Waals surface area contributed by atoms with E-state index in [0.29, 0.717) is 0 Å². The summed E-state index contributed by atoms with van der Waals surface area (Å²) in [5.41, 5.74) is -0.264. The van der Waals surface area contributed by atoms with Gasteiger partial charge in [0.2, 0.25) is 0 Å². The third-order valence-electron chi connectivity index (χ3n) is 2.72. The number of rotatable bonds is 2. The Balaban J connectivity index is 2.31. The number of benzene rings is 1.